The van der Waals surface area contributed by atoms with Crippen LogP contribution in [0.5, 0.6) is 0 Å². The molecule has 0 amide bonds. The van der Waals surface area contributed by atoms with Crippen LogP contribution >= 0.6 is 0 Å². The topological polar surface area (TPSA) is 56.7 Å². The van der Waals surface area contributed by atoms with Crippen LogP contribution in [0.2, 0.25) is 0 Å². The highest BCUT2D eigenvalue weighted by molar-refractivity contribution is 6.09. The molecule has 50 heavy (non-hydrogen) atoms. The van der Waals surface area contributed by atoms with Crippen LogP contribution in [-0.4, -0.2) is 19.5 Å². The summed E-state index contributed by atoms with van der Waals surface area (Å²) in [7, 11) is 0. The summed E-state index contributed by atoms with van der Waals surface area (Å²) in [6.07, 6.45) is 0. The standard InChI is InChI=1S/C45H28N4O/c1-3-13-35-29(10-1)12-9-16-36(35)30-20-22-31(23-21-30)43-46-44(48-45(47-43)42-28-33-11-2-8-19-41(33)50-42)32-24-26-34(27-25-32)49-39-17-6-4-14-37(39)38-15-5-7-18-40(38)49/h1-28H. The minimum atomic E-state index is 0.491. The van der Waals surface area contributed by atoms with Crippen molar-refractivity contribution in [1.29, 1.82) is 0 Å². The van der Waals surface area contributed by atoms with Crippen molar-refractivity contribution in [2.24, 2.45) is 0 Å². The zero-order chi connectivity index (χ0) is 33.0. The van der Waals surface area contributed by atoms with Crippen molar-refractivity contribution in [3.05, 3.63) is 170 Å². The summed E-state index contributed by atoms with van der Waals surface area (Å²) in [4.78, 5) is 14.9. The number of hydrogen-bond donors (Lipinski definition) is 0. The predicted molar refractivity (Wildman–Crippen MR) is 203 cm³/mol. The van der Waals surface area contributed by atoms with E-state index in [0.29, 0.717) is 23.2 Å². The molecule has 0 aliphatic carbocycles. The Labute approximate surface area is 287 Å². The lowest BCUT2D eigenvalue weighted by Gasteiger charge is -2.11. The summed E-state index contributed by atoms with van der Waals surface area (Å²) in [5.41, 5.74) is 8.32. The molecule has 3 heterocycles. The summed E-state index contributed by atoms with van der Waals surface area (Å²) in [5.74, 6) is 2.26. The molecule has 0 saturated carbocycles. The van der Waals surface area contributed by atoms with Gasteiger partial charge in [-0.25, -0.2) is 15.0 Å². The fourth-order valence-electron chi connectivity index (χ4n) is 7.07. The third kappa shape index (κ3) is 4.67. The normalized spacial score (nSPS) is 11.6. The number of fused-ring (bicyclic) bond motifs is 5. The van der Waals surface area contributed by atoms with E-state index in [1.165, 1.54) is 38.1 Å². The highest BCUT2D eigenvalue weighted by Gasteiger charge is 2.17. The molecule has 5 nitrogen and oxygen atoms in total. The lowest BCUT2D eigenvalue weighted by molar-refractivity contribution is 0.625. The molecule has 0 radical (unpaired) electrons. The van der Waals surface area contributed by atoms with Gasteiger partial charge in [-0.15, -0.1) is 0 Å². The predicted octanol–water partition coefficient (Wildman–Crippen LogP) is 11.5. The maximum Gasteiger partial charge on any atom is 0.199 e. The Bertz CT molecular complexity index is 2770. The molecular formula is C45H28N4O. The molecule has 0 fully saturated rings. The molecule has 0 N–H and O–H groups in total. The number of rotatable bonds is 5. The van der Waals surface area contributed by atoms with Crippen LogP contribution in [0.4, 0.5) is 0 Å². The molecule has 0 aliphatic heterocycles. The van der Waals surface area contributed by atoms with Gasteiger partial charge < -0.3 is 8.98 Å². The second-order valence-corrected chi connectivity index (χ2v) is 12.5. The van der Waals surface area contributed by atoms with Gasteiger partial charge in [-0.2, -0.15) is 0 Å². The van der Waals surface area contributed by atoms with Gasteiger partial charge in [0.2, 0.25) is 0 Å². The van der Waals surface area contributed by atoms with Gasteiger partial charge in [0.1, 0.15) is 5.58 Å². The molecule has 0 saturated heterocycles. The molecule has 0 aliphatic rings. The van der Waals surface area contributed by atoms with E-state index < -0.39 is 0 Å². The van der Waals surface area contributed by atoms with E-state index in [1.807, 2.05) is 30.3 Å². The number of benzene rings is 7. The molecule has 5 heteroatoms. The van der Waals surface area contributed by atoms with Gasteiger partial charge in [0.05, 0.1) is 11.0 Å². The quantitative estimate of drug-likeness (QED) is 0.188. The summed E-state index contributed by atoms with van der Waals surface area (Å²) < 4.78 is 8.56. The van der Waals surface area contributed by atoms with Crippen LogP contribution in [-0.2, 0) is 0 Å². The molecular weight excluding hydrogens is 613 g/mol. The fraction of sp³-hybridized carbons (Fsp3) is 0. The Morgan fingerprint density at radius 2 is 0.920 bits per heavy atom. The van der Waals surface area contributed by atoms with Crippen molar-refractivity contribution in [3.63, 3.8) is 0 Å². The van der Waals surface area contributed by atoms with Crippen LogP contribution in [0.25, 0.3) is 94.7 Å². The van der Waals surface area contributed by atoms with E-state index in [2.05, 4.69) is 144 Å². The maximum absolute atomic E-state index is 6.25. The van der Waals surface area contributed by atoms with Crippen LogP contribution in [0.3, 0.4) is 0 Å². The minimum absolute atomic E-state index is 0.491. The number of hydrogen-bond acceptors (Lipinski definition) is 4. The molecule has 0 atom stereocenters. The maximum atomic E-state index is 6.25. The van der Waals surface area contributed by atoms with Crippen LogP contribution in [0.1, 0.15) is 0 Å². The molecule has 0 spiro atoms. The van der Waals surface area contributed by atoms with Gasteiger partial charge >= 0.3 is 0 Å². The monoisotopic (exact) mass is 640 g/mol. The second-order valence-electron chi connectivity index (χ2n) is 12.5. The van der Waals surface area contributed by atoms with Crippen molar-refractivity contribution < 1.29 is 4.42 Å². The lowest BCUT2D eigenvalue weighted by Crippen LogP contribution is -2.00. The van der Waals surface area contributed by atoms with E-state index in [0.717, 1.165) is 33.3 Å². The van der Waals surface area contributed by atoms with Crippen molar-refractivity contribution in [2.75, 3.05) is 0 Å². The van der Waals surface area contributed by atoms with Crippen molar-refractivity contribution in [1.82, 2.24) is 19.5 Å². The first-order chi connectivity index (χ1) is 24.8. The Kier molecular flexibility index (Phi) is 6.42. The number of nitrogens with zero attached hydrogens (tertiary/aromatic N) is 4. The zero-order valence-corrected chi connectivity index (χ0v) is 26.9. The number of furan rings is 1. The Hall–Kier alpha value is -6.85. The summed E-state index contributed by atoms with van der Waals surface area (Å²) in [6.45, 7) is 0. The van der Waals surface area contributed by atoms with E-state index in [9.17, 15) is 0 Å². The first kappa shape index (κ1) is 28.2. The van der Waals surface area contributed by atoms with Gasteiger partial charge in [0.15, 0.2) is 23.2 Å². The molecule has 0 unspecified atom stereocenters. The summed E-state index contributed by atoms with van der Waals surface area (Å²) in [5, 5.41) is 5.91. The van der Waals surface area contributed by atoms with Gasteiger partial charge in [-0.1, -0.05) is 121 Å². The van der Waals surface area contributed by atoms with Crippen LogP contribution in [0, 0.1) is 0 Å². The average Bonchev–Trinajstić information content (AvgIpc) is 3.78. The Morgan fingerprint density at radius 1 is 0.400 bits per heavy atom. The molecule has 234 valence electrons. The molecule has 10 aromatic rings. The molecule has 7 aromatic carbocycles. The van der Waals surface area contributed by atoms with Gasteiger partial charge in [0, 0.05) is 33.0 Å². The summed E-state index contributed by atoms with van der Waals surface area (Å²) >= 11 is 0. The molecule has 3 aromatic heterocycles. The number of para-hydroxylation sites is 3. The Morgan fingerprint density at radius 3 is 1.60 bits per heavy atom. The molecule has 0 bridgehead atoms. The van der Waals surface area contributed by atoms with Crippen LogP contribution < -0.4 is 0 Å². The van der Waals surface area contributed by atoms with E-state index in [1.54, 1.807) is 0 Å². The van der Waals surface area contributed by atoms with E-state index in [4.69, 9.17) is 19.4 Å². The highest BCUT2D eigenvalue weighted by Crippen LogP contribution is 2.34. The third-order valence-corrected chi connectivity index (χ3v) is 9.49. The van der Waals surface area contributed by atoms with E-state index >= 15 is 0 Å². The van der Waals surface area contributed by atoms with Gasteiger partial charge in [-0.3, -0.25) is 0 Å². The third-order valence-electron chi connectivity index (χ3n) is 9.49. The van der Waals surface area contributed by atoms with Crippen LogP contribution in [0.15, 0.2) is 174 Å². The zero-order valence-electron chi connectivity index (χ0n) is 26.9. The summed E-state index contributed by atoms with van der Waals surface area (Å²) in [6, 6.07) is 58.8. The molecule has 10 rings (SSSR count). The van der Waals surface area contributed by atoms with Gasteiger partial charge in [-0.05, 0) is 70.4 Å². The van der Waals surface area contributed by atoms with Gasteiger partial charge in [0.25, 0.3) is 0 Å². The lowest BCUT2D eigenvalue weighted by atomic mass is 9.97. The largest absolute Gasteiger partial charge is 0.453 e. The number of aromatic nitrogens is 4. The fourth-order valence-corrected chi connectivity index (χ4v) is 7.07. The van der Waals surface area contributed by atoms with Crippen molar-refractivity contribution >= 4 is 43.5 Å². The smallest absolute Gasteiger partial charge is 0.199 e. The second kappa shape index (κ2) is 11.4. The highest BCUT2D eigenvalue weighted by atomic mass is 16.3. The Balaban J connectivity index is 1.08. The first-order valence-electron chi connectivity index (χ1n) is 16.7. The van der Waals surface area contributed by atoms with Crippen molar-refractivity contribution in [3.8, 4) is 51.2 Å². The first-order valence-corrected chi connectivity index (χ1v) is 16.7. The minimum Gasteiger partial charge on any atom is -0.453 e. The van der Waals surface area contributed by atoms with E-state index in [-0.39, 0.29) is 0 Å². The SMILES string of the molecule is c1ccc2oc(-c3nc(-c4ccc(-c5cccc6ccccc56)cc4)nc(-c4ccc(-n5c6ccccc6c6ccccc65)cc4)n3)cc2c1. The average molecular weight is 641 g/mol. The van der Waals surface area contributed by atoms with Crippen molar-refractivity contribution in [2.45, 2.75) is 0 Å².